The third-order valence-electron chi connectivity index (χ3n) is 4.93. The second-order valence-corrected chi connectivity index (χ2v) is 7.93. The van der Waals surface area contributed by atoms with E-state index in [0.29, 0.717) is 41.9 Å². The molecule has 0 atom stereocenters. The fourth-order valence-corrected chi connectivity index (χ4v) is 3.97. The van der Waals surface area contributed by atoms with E-state index in [4.69, 9.17) is 4.42 Å². The van der Waals surface area contributed by atoms with Crippen molar-refractivity contribution in [2.75, 3.05) is 24.2 Å². The maximum absolute atomic E-state index is 12.5. The Morgan fingerprint density at radius 1 is 1.19 bits per heavy atom. The Bertz CT molecular complexity index is 1080. The Morgan fingerprint density at radius 2 is 1.91 bits per heavy atom. The fourth-order valence-electron chi connectivity index (χ4n) is 3.22. The maximum atomic E-state index is 12.5. The van der Waals surface area contributed by atoms with Gasteiger partial charge in [-0.25, -0.2) is 0 Å². The first-order valence-corrected chi connectivity index (χ1v) is 11.4. The Hall–Kier alpha value is -3.33. The number of amides is 2. The second kappa shape index (κ2) is 10.8. The van der Waals surface area contributed by atoms with Crippen molar-refractivity contribution in [3.05, 3.63) is 60.6 Å². The highest BCUT2D eigenvalue weighted by atomic mass is 32.2. The number of carbonyl (C=O) groups excluding carboxylic acids is 2. The minimum Gasteiger partial charge on any atom is -0.469 e. The van der Waals surface area contributed by atoms with Crippen molar-refractivity contribution >= 4 is 29.3 Å². The summed E-state index contributed by atoms with van der Waals surface area (Å²) in [4.78, 5) is 26.6. The molecule has 2 heterocycles. The summed E-state index contributed by atoms with van der Waals surface area (Å²) in [7, 11) is 0. The summed E-state index contributed by atoms with van der Waals surface area (Å²) in [5, 5.41) is 12.0. The molecule has 32 heavy (non-hydrogen) atoms. The number of hydrogen-bond acceptors (Lipinski definition) is 6. The van der Waals surface area contributed by atoms with Crippen LogP contribution in [0, 0.1) is 6.92 Å². The molecule has 2 amide bonds. The summed E-state index contributed by atoms with van der Waals surface area (Å²) in [5.74, 6) is 1.40. The molecule has 0 aliphatic rings. The molecule has 0 radical (unpaired) electrons. The van der Waals surface area contributed by atoms with E-state index < -0.39 is 0 Å². The van der Waals surface area contributed by atoms with Gasteiger partial charge in [0.2, 0.25) is 5.91 Å². The van der Waals surface area contributed by atoms with Gasteiger partial charge in [-0.05, 0) is 51.1 Å². The average molecular weight is 454 g/mol. The second-order valence-electron chi connectivity index (χ2n) is 6.99. The normalized spacial score (nSPS) is 10.7. The lowest BCUT2D eigenvalue weighted by molar-refractivity contribution is -0.113. The van der Waals surface area contributed by atoms with Crippen molar-refractivity contribution in [3.8, 4) is 11.4 Å². The van der Waals surface area contributed by atoms with Crippen LogP contribution in [0.1, 0.15) is 30.0 Å². The van der Waals surface area contributed by atoms with Gasteiger partial charge in [-0.3, -0.25) is 14.2 Å². The Morgan fingerprint density at radius 3 is 2.50 bits per heavy atom. The van der Waals surface area contributed by atoms with Crippen molar-refractivity contribution in [1.29, 1.82) is 0 Å². The molecule has 0 aliphatic heterocycles. The van der Waals surface area contributed by atoms with Crippen molar-refractivity contribution in [2.24, 2.45) is 0 Å². The molecule has 0 bridgehead atoms. The first-order chi connectivity index (χ1) is 15.5. The van der Waals surface area contributed by atoms with Crippen LogP contribution in [0.2, 0.25) is 0 Å². The Kier molecular flexibility index (Phi) is 7.88. The summed E-state index contributed by atoms with van der Waals surface area (Å²) in [6.07, 6.45) is 3.37. The maximum Gasteiger partial charge on any atom is 0.253 e. The first-order valence-electron chi connectivity index (χ1n) is 10.4. The number of aryl methyl sites for hydroxylation is 1. The molecule has 3 aromatic rings. The van der Waals surface area contributed by atoms with Crippen molar-refractivity contribution in [2.45, 2.75) is 32.5 Å². The molecular formula is C23H27N5O3S. The molecular weight excluding hydrogens is 426 g/mol. The zero-order chi connectivity index (χ0) is 23.1. The monoisotopic (exact) mass is 453 g/mol. The highest BCUT2D eigenvalue weighted by Crippen LogP contribution is 2.27. The van der Waals surface area contributed by atoms with Gasteiger partial charge in [-0.15, -0.1) is 16.8 Å². The summed E-state index contributed by atoms with van der Waals surface area (Å²) < 4.78 is 7.27. The van der Waals surface area contributed by atoms with E-state index in [1.165, 1.54) is 11.8 Å². The molecule has 1 N–H and O–H groups in total. The number of aromatic nitrogens is 3. The molecule has 8 nitrogen and oxygen atoms in total. The van der Waals surface area contributed by atoms with Gasteiger partial charge in [-0.2, -0.15) is 0 Å². The molecule has 168 valence electrons. The number of nitrogens with zero attached hydrogens (tertiary/aromatic N) is 4. The third-order valence-corrected chi connectivity index (χ3v) is 5.89. The molecule has 0 unspecified atom stereocenters. The van der Waals surface area contributed by atoms with Gasteiger partial charge in [-0.1, -0.05) is 17.8 Å². The van der Waals surface area contributed by atoms with Gasteiger partial charge in [0, 0.05) is 30.9 Å². The van der Waals surface area contributed by atoms with E-state index in [-0.39, 0.29) is 17.6 Å². The van der Waals surface area contributed by atoms with Crippen LogP contribution in [-0.2, 0) is 11.3 Å². The molecule has 0 fully saturated rings. The minimum atomic E-state index is -0.174. The highest BCUT2D eigenvalue weighted by Gasteiger charge is 2.18. The van der Waals surface area contributed by atoms with Gasteiger partial charge < -0.3 is 14.6 Å². The predicted molar refractivity (Wildman–Crippen MR) is 126 cm³/mol. The van der Waals surface area contributed by atoms with E-state index in [9.17, 15) is 9.59 Å². The van der Waals surface area contributed by atoms with Crippen molar-refractivity contribution in [1.82, 2.24) is 19.7 Å². The predicted octanol–water partition coefficient (Wildman–Crippen LogP) is 4.25. The Labute approximate surface area is 191 Å². The van der Waals surface area contributed by atoms with Crippen LogP contribution in [0.25, 0.3) is 11.4 Å². The standard InChI is InChI=1S/C23H27N5O3S/c1-5-13-28-21(19-12-14-31-16(19)4)25-26-23(28)32-15-20(29)24-18-10-8-17(9-11-18)22(30)27(6-2)7-3/h5,8-12,14H,1,6-7,13,15H2,2-4H3,(H,24,29). The van der Waals surface area contributed by atoms with E-state index in [2.05, 4.69) is 22.1 Å². The molecule has 2 aromatic heterocycles. The minimum absolute atomic E-state index is 0.0198. The number of allylic oxidation sites excluding steroid dienone is 1. The lowest BCUT2D eigenvalue weighted by Gasteiger charge is -2.18. The summed E-state index contributed by atoms with van der Waals surface area (Å²) >= 11 is 1.29. The molecule has 0 aliphatic carbocycles. The van der Waals surface area contributed by atoms with Crippen LogP contribution in [0.5, 0.6) is 0 Å². The summed E-state index contributed by atoms with van der Waals surface area (Å²) in [5.41, 5.74) is 2.09. The number of carbonyl (C=O) groups is 2. The molecule has 3 rings (SSSR count). The lowest BCUT2D eigenvalue weighted by atomic mass is 10.2. The summed E-state index contributed by atoms with van der Waals surface area (Å²) in [6.45, 7) is 11.4. The van der Waals surface area contributed by atoms with Crippen molar-refractivity contribution in [3.63, 3.8) is 0 Å². The zero-order valence-corrected chi connectivity index (χ0v) is 19.3. The third kappa shape index (κ3) is 5.28. The molecule has 9 heteroatoms. The van der Waals surface area contributed by atoms with Gasteiger partial charge in [0.1, 0.15) is 5.76 Å². The number of rotatable bonds is 10. The molecule has 0 spiro atoms. The van der Waals surface area contributed by atoms with Crippen LogP contribution in [0.4, 0.5) is 5.69 Å². The SMILES string of the molecule is C=CCn1c(SCC(=O)Nc2ccc(C(=O)N(CC)CC)cc2)nnc1-c1ccoc1C. The quantitative estimate of drug-likeness (QED) is 0.364. The number of thioether (sulfide) groups is 1. The number of furan rings is 1. The smallest absolute Gasteiger partial charge is 0.253 e. The lowest BCUT2D eigenvalue weighted by Crippen LogP contribution is -2.30. The van der Waals surface area contributed by atoms with Crippen LogP contribution in [-0.4, -0.2) is 50.3 Å². The van der Waals surface area contributed by atoms with E-state index in [1.807, 2.05) is 31.4 Å². The number of hydrogen-bond donors (Lipinski definition) is 1. The van der Waals surface area contributed by atoms with Crippen LogP contribution < -0.4 is 5.32 Å². The topological polar surface area (TPSA) is 93.3 Å². The number of nitrogens with one attached hydrogen (secondary N) is 1. The van der Waals surface area contributed by atoms with Crippen LogP contribution in [0.3, 0.4) is 0 Å². The Balaban J connectivity index is 1.63. The highest BCUT2D eigenvalue weighted by molar-refractivity contribution is 7.99. The van der Waals surface area contributed by atoms with Crippen molar-refractivity contribution < 1.29 is 14.0 Å². The van der Waals surface area contributed by atoms with Gasteiger partial charge in [0.15, 0.2) is 11.0 Å². The summed E-state index contributed by atoms with van der Waals surface area (Å²) in [6, 6.07) is 8.76. The van der Waals surface area contributed by atoms with Gasteiger partial charge in [0.05, 0.1) is 17.6 Å². The molecule has 1 aromatic carbocycles. The van der Waals surface area contributed by atoms with E-state index in [0.717, 1.165) is 11.3 Å². The fraction of sp³-hybridized carbons (Fsp3) is 0.304. The molecule has 0 saturated carbocycles. The van der Waals surface area contributed by atoms with Crippen LogP contribution in [0.15, 0.2) is 58.8 Å². The van der Waals surface area contributed by atoms with Gasteiger partial charge >= 0.3 is 0 Å². The van der Waals surface area contributed by atoms with E-state index >= 15 is 0 Å². The number of benzene rings is 1. The van der Waals surface area contributed by atoms with Gasteiger partial charge in [0.25, 0.3) is 5.91 Å². The zero-order valence-electron chi connectivity index (χ0n) is 18.5. The first kappa shape index (κ1) is 23.3. The van der Waals surface area contributed by atoms with Crippen LogP contribution >= 0.6 is 11.8 Å². The number of anilines is 1. The average Bonchev–Trinajstić information content (AvgIpc) is 3.39. The largest absolute Gasteiger partial charge is 0.469 e. The van der Waals surface area contributed by atoms with E-state index in [1.54, 1.807) is 41.5 Å². The molecule has 0 saturated heterocycles.